The van der Waals surface area contributed by atoms with Crippen LogP contribution in [0.5, 0.6) is 0 Å². The molecule has 4 heteroatoms. The molecule has 1 saturated carbocycles. The normalized spacial score (nSPS) is 39.4. The van der Waals surface area contributed by atoms with Gasteiger partial charge in [-0.3, -0.25) is 0 Å². The highest BCUT2D eigenvalue weighted by molar-refractivity contribution is 4.96. The molecule has 0 amide bonds. The van der Waals surface area contributed by atoms with Gasteiger partial charge in [-0.25, -0.2) is 0 Å². The highest BCUT2D eigenvalue weighted by atomic mass is 16.6. The van der Waals surface area contributed by atoms with Crippen molar-refractivity contribution in [2.45, 2.75) is 50.0 Å². The molecule has 0 aromatic carbocycles. The van der Waals surface area contributed by atoms with Crippen molar-refractivity contribution in [2.75, 3.05) is 27.4 Å². The Labute approximate surface area is 97.6 Å². The Morgan fingerprint density at radius 2 is 2.25 bits per heavy atom. The van der Waals surface area contributed by atoms with E-state index in [1.54, 1.807) is 7.11 Å². The Balaban J connectivity index is 1.66. The molecular formula is C12H23NO3. The molecule has 0 aromatic rings. The maximum Gasteiger partial charge on any atom is 0.0986 e. The van der Waals surface area contributed by atoms with Gasteiger partial charge in [0.1, 0.15) is 0 Å². The second kappa shape index (κ2) is 5.96. The molecule has 2 aliphatic rings. The molecule has 4 atom stereocenters. The molecule has 4 unspecified atom stereocenters. The van der Waals surface area contributed by atoms with Gasteiger partial charge in [-0.15, -0.1) is 0 Å². The second-order valence-electron chi connectivity index (χ2n) is 4.69. The first-order valence-corrected chi connectivity index (χ1v) is 6.28. The average Bonchev–Trinajstić information content (AvgIpc) is 2.30. The van der Waals surface area contributed by atoms with E-state index in [-0.39, 0.29) is 12.2 Å². The van der Waals surface area contributed by atoms with E-state index in [1.807, 2.05) is 7.05 Å². The summed E-state index contributed by atoms with van der Waals surface area (Å²) in [6, 6.07) is 0.447. The van der Waals surface area contributed by atoms with E-state index in [9.17, 15) is 0 Å². The van der Waals surface area contributed by atoms with Crippen molar-refractivity contribution in [3.8, 4) is 0 Å². The quantitative estimate of drug-likeness (QED) is 0.762. The Morgan fingerprint density at radius 3 is 2.88 bits per heavy atom. The fraction of sp³-hybridized carbons (Fsp3) is 1.00. The topological polar surface area (TPSA) is 39.7 Å². The van der Waals surface area contributed by atoms with Crippen LogP contribution in [0.3, 0.4) is 0 Å². The lowest BCUT2D eigenvalue weighted by Crippen LogP contribution is -2.59. The van der Waals surface area contributed by atoms with Gasteiger partial charge in [0, 0.05) is 19.8 Å². The van der Waals surface area contributed by atoms with Gasteiger partial charge in [-0.1, -0.05) is 0 Å². The van der Waals surface area contributed by atoms with Crippen molar-refractivity contribution in [1.82, 2.24) is 5.32 Å². The molecule has 0 radical (unpaired) electrons. The summed E-state index contributed by atoms with van der Waals surface area (Å²) < 4.78 is 16.9. The monoisotopic (exact) mass is 229 g/mol. The molecule has 0 aromatic heterocycles. The highest BCUT2D eigenvalue weighted by Crippen LogP contribution is 2.27. The van der Waals surface area contributed by atoms with Gasteiger partial charge in [0.15, 0.2) is 0 Å². The predicted molar refractivity (Wildman–Crippen MR) is 61.6 cm³/mol. The van der Waals surface area contributed by atoms with Gasteiger partial charge in [0.2, 0.25) is 0 Å². The maximum absolute atomic E-state index is 5.86. The number of nitrogens with one attached hydrogen (secondary N) is 1. The molecule has 94 valence electrons. The standard InChI is InChI=1S/C12H23NO3/c1-13-10-7-11(12(10)14-2)16-8-9-5-3-4-6-15-9/h9-13H,3-8H2,1-2H3. The lowest BCUT2D eigenvalue weighted by Gasteiger charge is -2.43. The van der Waals surface area contributed by atoms with Crippen LogP contribution in [0.15, 0.2) is 0 Å². The van der Waals surface area contributed by atoms with Crippen LogP contribution in [-0.4, -0.2) is 51.7 Å². The summed E-state index contributed by atoms with van der Waals surface area (Å²) in [5.41, 5.74) is 0. The zero-order valence-electron chi connectivity index (χ0n) is 10.3. The van der Waals surface area contributed by atoms with Gasteiger partial charge in [-0.05, 0) is 32.7 Å². The maximum atomic E-state index is 5.86. The van der Waals surface area contributed by atoms with E-state index >= 15 is 0 Å². The number of rotatable bonds is 5. The van der Waals surface area contributed by atoms with Crippen LogP contribution >= 0.6 is 0 Å². The largest absolute Gasteiger partial charge is 0.377 e. The summed E-state index contributed by atoms with van der Waals surface area (Å²) in [5.74, 6) is 0. The summed E-state index contributed by atoms with van der Waals surface area (Å²) in [7, 11) is 3.72. The molecule has 1 N–H and O–H groups in total. The molecule has 1 heterocycles. The van der Waals surface area contributed by atoms with Crippen LogP contribution < -0.4 is 5.32 Å². The zero-order valence-corrected chi connectivity index (χ0v) is 10.3. The van der Waals surface area contributed by atoms with Crippen molar-refractivity contribution in [1.29, 1.82) is 0 Å². The first-order chi connectivity index (χ1) is 7.85. The highest BCUT2D eigenvalue weighted by Gasteiger charge is 2.41. The van der Waals surface area contributed by atoms with Crippen molar-refractivity contribution in [2.24, 2.45) is 0 Å². The van der Waals surface area contributed by atoms with Crippen LogP contribution in [0.4, 0.5) is 0 Å². The molecule has 1 aliphatic heterocycles. The molecular weight excluding hydrogens is 206 g/mol. The van der Waals surface area contributed by atoms with E-state index in [4.69, 9.17) is 14.2 Å². The summed E-state index contributed by atoms with van der Waals surface area (Å²) >= 11 is 0. The number of methoxy groups -OCH3 is 1. The van der Waals surface area contributed by atoms with E-state index in [0.29, 0.717) is 12.1 Å². The number of hydrogen-bond donors (Lipinski definition) is 1. The van der Waals surface area contributed by atoms with Gasteiger partial charge in [-0.2, -0.15) is 0 Å². The Bertz CT molecular complexity index is 206. The van der Waals surface area contributed by atoms with Crippen LogP contribution in [0.2, 0.25) is 0 Å². The molecule has 2 fully saturated rings. The molecule has 0 bridgehead atoms. The molecule has 1 aliphatic carbocycles. The Kier molecular flexibility index (Phi) is 4.58. The van der Waals surface area contributed by atoms with Gasteiger partial charge >= 0.3 is 0 Å². The number of likely N-dealkylation sites (N-methyl/N-ethyl adjacent to an activating group) is 1. The van der Waals surface area contributed by atoms with Crippen LogP contribution in [0.1, 0.15) is 25.7 Å². The van der Waals surface area contributed by atoms with Gasteiger partial charge in [0.25, 0.3) is 0 Å². The van der Waals surface area contributed by atoms with Gasteiger partial charge in [0.05, 0.1) is 24.9 Å². The summed E-state index contributed by atoms with van der Waals surface area (Å²) in [5, 5.41) is 3.23. The minimum Gasteiger partial charge on any atom is -0.377 e. The van der Waals surface area contributed by atoms with Crippen LogP contribution in [0.25, 0.3) is 0 Å². The van der Waals surface area contributed by atoms with Crippen LogP contribution in [0, 0.1) is 0 Å². The minimum atomic E-state index is 0.202. The molecule has 1 saturated heterocycles. The Hall–Kier alpha value is -0.160. The zero-order chi connectivity index (χ0) is 11.4. The van der Waals surface area contributed by atoms with E-state index in [1.165, 1.54) is 12.8 Å². The predicted octanol–water partition coefficient (Wildman–Crippen LogP) is 0.947. The molecule has 4 nitrogen and oxygen atoms in total. The lowest BCUT2D eigenvalue weighted by molar-refractivity contribution is -0.154. The number of hydrogen-bond acceptors (Lipinski definition) is 4. The Morgan fingerprint density at radius 1 is 1.38 bits per heavy atom. The molecule has 0 spiro atoms. The SMILES string of the molecule is CNC1CC(OCC2CCCCO2)C1OC. The van der Waals surface area contributed by atoms with E-state index < -0.39 is 0 Å². The summed E-state index contributed by atoms with van der Waals surface area (Å²) in [6.07, 6.45) is 5.40. The van der Waals surface area contributed by atoms with Crippen molar-refractivity contribution < 1.29 is 14.2 Å². The van der Waals surface area contributed by atoms with E-state index in [0.717, 1.165) is 26.1 Å². The van der Waals surface area contributed by atoms with Crippen molar-refractivity contribution in [3.05, 3.63) is 0 Å². The smallest absolute Gasteiger partial charge is 0.0986 e. The fourth-order valence-corrected chi connectivity index (χ4v) is 2.51. The van der Waals surface area contributed by atoms with Gasteiger partial charge < -0.3 is 19.5 Å². The first-order valence-electron chi connectivity index (χ1n) is 6.28. The third kappa shape index (κ3) is 2.74. The molecule has 2 rings (SSSR count). The number of ether oxygens (including phenoxy) is 3. The van der Waals surface area contributed by atoms with Crippen molar-refractivity contribution in [3.63, 3.8) is 0 Å². The third-order valence-corrected chi connectivity index (χ3v) is 3.66. The first kappa shape index (κ1) is 12.3. The summed E-state index contributed by atoms with van der Waals surface area (Å²) in [6.45, 7) is 1.62. The van der Waals surface area contributed by atoms with Crippen molar-refractivity contribution >= 4 is 0 Å². The third-order valence-electron chi connectivity index (χ3n) is 3.66. The van der Waals surface area contributed by atoms with E-state index in [2.05, 4.69) is 5.32 Å². The molecule has 16 heavy (non-hydrogen) atoms. The van der Waals surface area contributed by atoms with Crippen LogP contribution in [-0.2, 0) is 14.2 Å². The summed E-state index contributed by atoms with van der Waals surface area (Å²) in [4.78, 5) is 0. The average molecular weight is 229 g/mol. The lowest BCUT2D eigenvalue weighted by atomic mass is 9.85. The minimum absolute atomic E-state index is 0.202. The second-order valence-corrected chi connectivity index (χ2v) is 4.69. The fourth-order valence-electron chi connectivity index (χ4n) is 2.51.